The van der Waals surface area contributed by atoms with Crippen LogP contribution in [0.5, 0.6) is 0 Å². The molecule has 0 spiro atoms. The molecule has 2 aromatic heterocycles. The highest BCUT2D eigenvalue weighted by Gasteiger charge is 2.27. The van der Waals surface area contributed by atoms with Gasteiger partial charge < -0.3 is 9.88 Å². The number of nitrogens with one attached hydrogen (secondary N) is 1. The van der Waals surface area contributed by atoms with Crippen LogP contribution in [0.25, 0.3) is 21.8 Å². The molecule has 0 amide bonds. The monoisotopic (exact) mass is 390 g/mol. The van der Waals surface area contributed by atoms with Gasteiger partial charge in [-0.25, -0.2) is 4.98 Å². The molecule has 6 heteroatoms. The van der Waals surface area contributed by atoms with Gasteiger partial charge in [-0.15, -0.1) is 0 Å². The molecule has 2 aliphatic rings. The summed E-state index contributed by atoms with van der Waals surface area (Å²) in [5, 5.41) is 1.38. The molecule has 0 aliphatic carbocycles. The van der Waals surface area contributed by atoms with E-state index in [-0.39, 0.29) is 11.3 Å². The first-order valence-electron chi connectivity index (χ1n) is 10.6. The summed E-state index contributed by atoms with van der Waals surface area (Å²) in [6, 6.07) is 11.6. The number of carbonyl (C=O) groups is 1. The number of rotatable bonds is 4. The number of pyridine rings is 2. The molecule has 2 aliphatic heterocycles. The average molecular weight is 390 g/mol. The molecule has 2 saturated heterocycles. The molecule has 5 rings (SSSR count). The Kier molecular flexibility index (Phi) is 4.89. The Morgan fingerprint density at radius 1 is 1.00 bits per heavy atom. The molecule has 3 aromatic rings. The van der Waals surface area contributed by atoms with Crippen LogP contribution in [0.2, 0.25) is 0 Å². The van der Waals surface area contributed by atoms with Crippen LogP contribution in [-0.2, 0) is 0 Å². The van der Waals surface area contributed by atoms with E-state index in [2.05, 4.69) is 19.8 Å². The van der Waals surface area contributed by atoms with E-state index in [1.165, 1.54) is 25.9 Å². The Morgan fingerprint density at radius 3 is 2.48 bits per heavy atom. The van der Waals surface area contributed by atoms with Crippen molar-refractivity contribution < 1.29 is 4.79 Å². The quantitative estimate of drug-likeness (QED) is 0.548. The summed E-state index contributed by atoms with van der Waals surface area (Å²) in [7, 11) is 0. The maximum Gasteiger partial charge on any atom is 0.256 e. The maximum absolute atomic E-state index is 12.9. The van der Waals surface area contributed by atoms with Crippen molar-refractivity contribution in [3.05, 3.63) is 52.4 Å². The van der Waals surface area contributed by atoms with Gasteiger partial charge in [-0.3, -0.25) is 14.5 Å². The Hall–Kier alpha value is -2.57. The SMILES string of the molecule is O=C(CN1CCC(N2CCCC2)CC1)c1ccc2[nH]c(=O)c3ccccc3c2n1. The summed E-state index contributed by atoms with van der Waals surface area (Å²) < 4.78 is 0. The first-order valence-corrected chi connectivity index (χ1v) is 10.6. The van der Waals surface area contributed by atoms with Crippen molar-refractivity contribution in [1.82, 2.24) is 19.8 Å². The minimum atomic E-state index is -0.130. The van der Waals surface area contributed by atoms with Gasteiger partial charge in [-0.05, 0) is 57.0 Å². The number of fused-ring (bicyclic) bond motifs is 3. The second kappa shape index (κ2) is 7.69. The molecule has 6 nitrogen and oxygen atoms in total. The predicted octanol–water partition coefficient (Wildman–Crippen LogP) is 2.82. The summed E-state index contributed by atoms with van der Waals surface area (Å²) in [5.74, 6) is 0.0433. The van der Waals surface area contributed by atoms with Gasteiger partial charge in [-0.1, -0.05) is 18.2 Å². The smallest absolute Gasteiger partial charge is 0.256 e. The van der Waals surface area contributed by atoms with Gasteiger partial charge in [0.25, 0.3) is 5.56 Å². The number of benzene rings is 1. The van der Waals surface area contributed by atoms with E-state index in [1.54, 1.807) is 18.2 Å². The second-order valence-electron chi connectivity index (χ2n) is 8.27. The van der Waals surface area contributed by atoms with E-state index in [9.17, 15) is 9.59 Å². The van der Waals surface area contributed by atoms with Crippen molar-refractivity contribution >= 4 is 27.6 Å². The number of hydrogen-bond acceptors (Lipinski definition) is 5. The molecule has 1 aromatic carbocycles. The molecule has 0 atom stereocenters. The number of carbonyl (C=O) groups excluding carboxylic acids is 1. The number of ketones is 1. The van der Waals surface area contributed by atoms with Gasteiger partial charge >= 0.3 is 0 Å². The van der Waals surface area contributed by atoms with Crippen molar-refractivity contribution in [1.29, 1.82) is 0 Å². The highest BCUT2D eigenvalue weighted by Crippen LogP contribution is 2.22. The minimum absolute atomic E-state index is 0.0433. The fourth-order valence-electron chi connectivity index (χ4n) is 4.83. The number of hydrogen-bond donors (Lipinski definition) is 1. The molecule has 2 fully saturated rings. The summed E-state index contributed by atoms with van der Waals surface area (Å²) >= 11 is 0. The molecular weight excluding hydrogens is 364 g/mol. The van der Waals surface area contributed by atoms with E-state index in [4.69, 9.17) is 0 Å². The average Bonchev–Trinajstić information content (AvgIpc) is 3.29. The number of likely N-dealkylation sites (tertiary alicyclic amines) is 2. The van der Waals surface area contributed by atoms with Crippen molar-refractivity contribution in [2.75, 3.05) is 32.7 Å². The summed E-state index contributed by atoms with van der Waals surface area (Å²) in [6.07, 6.45) is 4.94. The zero-order valence-corrected chi connectivity index (χ0v) is 16.6. The van der Waals surface area contributed by atoms with Crippen molar-refractivity contribution in [3.63, 3.8) is 0 Å². The lowest BCUT2D eigenvalue weighted by Crippen LogP contribution is -2.45. The van der Waals surface area contributed by atoms with Crippen LogP contribution in [0, 0.1) is 0 Å². The number of piperidine rings is 1. The van der Waals surface area contributed by atoms with Crippen LogP contribution < -0.4 is 5.56 Å². The van der Waals surface area contributed by atoms with Gasteiger partial charge in [-0.2, -0.15) is 0 Å². The van der Waals surface area contributed by atoms with Crippen LogP contribution in [0.3, 0.4) is 0 Å². The highest BCUT2D eigenvalue weighted by atomic mass is 16.1. The van der Waals surface area contributed by atoms with Gasteiger partial charge in [0.1, 0.15) is 5.69 Å². The minimum Gasteiger partial charge on any atom is -0.320 e. The summed E-state index contributed by atoms with van der Waals surface area (Å²) in [6.45, 7) is 4.82. The molecule has 4 heterocycles. The maximum atomic E-state index is 12.9. The zero-order valence-electron chi connectivity index (χ0n) is 16.6. The number of Topliss-reactive ketones (excluding diaryl/α,β-unsaturated/α-hetero) is 1. The van der Waals surface area contributed by atoms with Crippen molar-refractivity contribution in [2.24, 2.45) is 0 Å². The van der Waals surface area contributed by atoms with Crippen LogP contribution in [0.1, 0.15) is 36.2 Å². The van der Waals surface area contributed by atoms with Gasteiger partial charge in [0.2, 0.25) is 0 Å². The standard InChI is InChI=1S/C23H26N4O2/c28-21(15-26-13-9-16(10-14-26)27-11-3-4-12-27)19-7-8-20-22(24-19)17-5-1-2-6-18(17)23(29)25-20/h1-2,5-8,16H,3-4,9-15H2,(H,25,29). The van der Waals surface area contributed by atoms with Crippen LogP contribution in [0.4, 0.5) is 0 Å². The van der Waals surface area contributed by atoms with Gasteiger partial charge in [0.05, 0.1) is 17.6 Å². The first kappa shape index (κ1) is 18.5. The summed E-state index contributed by atoms with van der Waals surface area (Å²) in [5.41, 5.74) is 1.68. The Balaban J connectivity index is 1.33. The lowest BCUT2D eigenvalue weighted by atomic mass is 10.0. The van der Waals surface area contributed by atoms with Crippen LogP contribution >= 0.6 is 0 Å². The Morgan fingerprint density at radius 2 is 1.72 bits per heavy atom. The van der Waals surface area contributed by atoms with E-state index in [0.717, 1.165) is 31.3 Å². The first-order chi connectivity index (χ1) is 14.2. The van der Waals surface area contributed by atoms with Gasteiger partial charge in [0.15, 0.2) is 5.78 Å². The topological polar surface area (TPSA) is 69.3 Å². The number of aromatic amines is 1. The van der Waals surface area contributed by atoms with Crippen LogP contribution in [0.15, 0.2) is 41.2 Å². The van der Waals surface area contributed by atoms with E-state index >= 15 is 0 Å². The van der Waals surface area contributed by atoms with Gasteiger partial charge in [0, 0.05) is 29.9 Å². The number of aromatic nitrogens is 2. The molecule has 0 bridgehead atoms. The lowest BCUT2D eigenvalue weighted by molar-refractivity contribution is 0.0850. The number of H-pyrrole nitrogens is 1. The molecular formula is C23H26N4O2. The normalized spacial score (nSPS) is 19.3. The number of nitrogens with zero attached hydrogens (tertiary/aromatic N) is 3. The van der Waals surface area contributed by atoms with E-state index in [1.807, 2.05) is 18.2 Å². The van der Waals surface area contributed by atoms with Crippen LogP contribution in [-0.4, -0.2) is 64.3 Å². The second-order valence-corrected chi connectivity index (χ2v) is 8.27. The zero-order chi connectivity index (χ0) is 19.8. The molecule has 0 radical (unpaired) electrons. The molecule has 29 heavy (non-hydrogen) atoms. The molecule has 150 valence electrons. The summed E-state index contributed by atoms with van der Waals surface area (Å²) in [4.78, 5) is 37.5. The molecule has 0 unspecified atom stereocenters. The fourth-order valence-corrected chi connectivity index (χ4v) is 4.83. The predicted molar refractivity (Wildman–Crippen MR) is 114 cm³/mol. The highest BCUT2D eigenvalue weighted by molar-refractivity contribution is 6.05. The van der Waals surface area contributed by atoms with E-state index < -0.39 is 0 Å². The van der Waals surface area contributed by atoms with Crippen molar-refractivity contribution in [3.8, 4) is 0 Å². The van der Waals surface area contributed by atoms with Crippen molar-refractivity contribution in [2.45, 2.75) is 31.7 Å². The Labute approximate surface area is 169 Å². The lowest BCUT2D eigenvalue weighted by Gasteiger charge is -2.36. The largest absolute Gasteiger partial charge is 0.320 e. The Bertz CT molecular complexity index is 1110. The molecule has 1 N–H and O–H groups in total. The van der Waals surface area contributed by atoms with E-state index in [0.29, 0.717) is 34.7 Å². The molecule has 0 saturated carbocycles. The fraction of sp³-hybridized carbons (Fsp3) is 0.435. The third-order valence-corrected chi connectivity index (χ3v) is 6.44. The third kappa shape index (κ3) is 3.58. The third-order valence-electron chi connectivity index (χ3n) is 6.44.